The van der Waals surface area contributed by atoms with Gasteiger partial charge in [0.15, 0.2) is 6.61 Å². The molecule has 6 heteroatoms. The van der Waals surface area contributed by atoms with Gasteiger partial charge in [0.1, 0.15) is 11.6 Å². The summed E-state index contributed by atoms with van der Waals surface area (Å²) in [5, 5.41) is 11.6. The zero-order valence-corrected chi connectivity index (χ0v) is 15.0. The topological polar surface area (TPSA) is 75.6 Å². The fourth-order valence-corrected chi connectivity index (χ4v) is 2.79. The van der Waals surface area contributed by atoms with E-state index in [-0.39, 0.29) is 17.8 Å². The van der Waals surface area contributed by atoms with Gasteiger partial charge in [-0.15, -0.1) is 0 Å². The van der Waals surface area contributed by atoms with Crippen molar-refractivity contribution in [2.75, 3.05) is 6.61 Å². The summed E-state index contributed by atoms with van der Waals surface area (Å²) in [6.45, 7) is 4.88. The number of benzene rings is 2. The number of nitrogens with one attached hydrogen (secondary N) is 1. The van der Waals surface area contributed by atoms with E-state index < -0.39 is 12.6 Å². The summed E-state index contributed by atoms with van der Waals surface area (Å²) in [6, 6.07) is 9.53. The molecule has 0 saturated carbocycles. The van der Waals surface area contributed by atoms with Crippen LogP contribution in [0, 0.1) is 19.7 Å². The number of hydrogen-bond acceptors (Lipinski definition) is 3. The van der Waals surface area contributed by atoms with Gasteiger partial charge < -0.3 is 15.2 Å². The van der Waals surface area contributed by atoms with Gasteiger partial charge in [-0.3, -0.25) is 4.79 Å². The molecule has 1 unspecified atom stereocenters. The van der Waals surface area contributed by atoms with Crippen LogP contribution in [0.15, 0.2) is 36.4 Å². The smallest absolute Gasteiger partial charge is 0.341 e. The Kier molecular flexibility index (Phi) is 6.33. The van der Waals surface area contributed by atoms with Crippen molar-refractivity contribution in [2.45, 2.75) is 33.2 Å². The van der Waals surface area contributed by atoms with E-state index >= 15 is 0 Å². The van der Waals surface area contributed by atoms with E-state index in [9.17, 15) is 14.0 Å². The molecular formula is C20H22FNO4. The molecule has 0 aromatic heterocycles. The van der Waals surface area contributed by atoms with Crippen molar-refractivity contribution < 1.29 is 23.8 Å². The van der Waals surface area contributed by atoms with Gasteiger partial charge in [-0.1, -0.05) is 18.2 Å². The maximum Gasteiger partial charge on any atom is 0.341 e. The number of carbonyl (C=O) groups excluding carboxylic acids is 1. The lowest BCUT2D eigenvalue weighted by atomic mass is 10.0. The van der Waals surface area contributed by atoms with Crippen LogP contribution >= 0.6 is 0 Å². The minimum absolute atomic E-state index is 0.247. The molecule has 0 aliphatic heterocycles. The third-order valence-corrected chi connectivity index (χ3v) is 3.92. The van der Waals surface area contributed by atoms with Crippen LogP contribution < -0.4 is 10.1 Å². The van der Waals surface area contributed by atoms with Crippen LogP contribution in [0.5, 0.6) is 5.75 Å². The number of carboxylic acids is 1. The molecule has 0 aliphatic carbocycles. The van der Waals surface area contributed by atoms with E-state index in [4.69, 9.17) is 9.84 Å². The number of halogens is 1. The number of aryl methyl sites for hydroxylation is 2. The van der Waals surface area contributed by atoms with Crippen LogP contribution in [0.1, 0.15) is 34.0 Å². The number of amides is 1. The molecule has 26 heavy (non-hydrogen) atoms. The SMILES string of the molecule is Cc1cc(C(=O)NC(C)Cc2ccccc2F)cc(C)c1OCC(=O)O. The van der Waals surface area contributed by atoms with Crippen molar-refractivity contribution in [3.63, 3.8) is 0 Å². The van der Waals surface area contributed by atoms with Crippen LogP contribution in [0.3, 0.4) is 0 Å². The Morgan fingerprint density at radius 2 is 1.81 bits per heavy atom. The molecule has 0 fully saturated rings. The normalized spacial score (nSPS) is 11.7. The highest BCUT2D eigenvalue weighted by Gasteiger charge is 2.15. The fourth-order valence-electron chi connectivity index (χ4n) is 2.79. The van der Waals surface area contributed by atoms with Gasteiger partial charge in [0.25, 0.3) is 5.91 Å². The van der Waals surface area contributed by atoms with Crippen molar-refractivity contribution in [3.8, 4) is 5.75 Å². The average molecular weight is 359 g/mol. The molecule has 2 aromatic carbocycles. The standard InChI is InChI=1S/C20H22FNO4/c1-12-8-16(9-13(2)19(12)26-11-18(23)24)20(25)22-14(3)10-15-6-4-5-7-17(15)21/h4-9,14H,10-11H2,1-3H3,(H,22,25)(H,23,24). The molecule has 2 aromatic rings. The Morgan fingerprint density at radius 1 is 1.19 bits per heavy atom. The predicted octanol–water partition coefficient (Wildman–Crippen LogP) is 3.27. The third kappa shape index (κ3) is 5.05. The lowest BCUT2D eigenvalue weighted by Gasteiger charge is -2.16. The monoisotopic (exact) mass is 359 g/mol. The van der Waals surface area contributed by atoms with Crippen LogP contribution in [-0.4, -0.2) is 29.6 Å². The average Bonchev–Trinajstić information content (AvgIpc) is 2.55. The minimum atomic E-state index is -1.06. The third-order valence-electron chi connectivity index (χ3n) is 3.92. The van der Waals surface area contributed by atoms with Crippen molar-refractivity contribution in [3.05, 3.63) is 64.5 Å². The molecule has 0 aliphatic rings. The lowest BCUT2D eigenvalue weighted by Crippen LogP contribution is -2.34. The highest BCUT2D eigenvalue weighted by atomic mass is 19.1. The molecule has 0 radical (unpaired) electrons. The summed E-state index contributed by atoms with van der Waals surface area (Å²) in [5.74, 6) is -1.17. The first-order valence-corrected chi connectivity index (χ1v) is 8.28. The van der Waals surface area contributed by atoms with Crippen LogP contribution in [-0.2, 0) is 11.2 Å². The van der Waals surface area contributed by atoms with Crippen molar-refractivity contribution in [2.24, 2.45) is 0 Å². The van der Waals surface area contributed by atoms with E-state index in [1.54, 1.807) is 44.2 Å². The summed E-state index contributed by atoms with van der Waals surface area (Å²) >= 11 is 0. The second-order valence-corrected chi connectivity index (χ2v) is 6.29. The lowest BCUT2D eigenvalue weighted by molar-refractivity contribution is -0.139. The highest BCUT2D eigenvalue weighted by Crippen LogP contribution is 2.25. The summed E-state index contributed by atoms with van der Waals surface area (Å²) in [6.07, 6.45) is 0.385. The number of ether oxygens (including phenoxy) is 1. The van der Waals surface area contributed by atoms with Crippen LogP contribution in [0.2, 0.25) is 0 Å². The molecule has 0 saturated heterocycles. The van der Waals surface area contributed by atoms with E-state index in [0.717, 1.165) is 0 Å². The zero-order chi connectivity index (χ0) is 19.3. The Balaban J connectivity index is 2.07. The van der Waals surface area contributed by atoms with Gasteiger partial charge in [-0.25, -0.2) is 9.18 Å². The largest absolute Gasteiger partial charge is 0.481 e. The maximum absolute atomic E-state index is 13.7. The van der Waals surface area contributed by atoms with E-state index in [0.29, 0.717) is 34.4 Å². The summed E-state index contributed by atoms with van der Waals surface area (Å²) in [5.41, 5.74) is 2.35. The second-order valence-electron chi connectivity index (χ2n) is 6.29. The number of hydrogen-bond donors (Lipinski definition) is 2. The van der Waals surface area contributed by atoms with Crippen LogP contribution in [0.4, 0.5) is 4.39 Å². The number of carbonyl (C=O) groups is 2. The molecule has 1 atom stereocenters. The molecule has 138 valence electrons. The predicted molar refractivity (Wildman–Crippen MR) is 96.1 cm³/mol. The summed E-state index contributed by atoms with van der Waals surface area (Å²) in [7, 11) is 0. The zero-order valence-electron chi connectivity index (χ0n) is 15.0. The van der Waals surface area contributed by atoms with Crippen molar-refractivity contribution >= 4 is 11.9 Å². The Hall–Kier alpha value is -2.89. The molecule has 0 heterocycles. The van der Waals surface area contributed by atoms with Gasteiger partial charge in [0.2, 0.25) is 0 Å². The van der Waals surface area contributed by atoms with Gasteiger partial charge >= 0.3 is 5.97 Å². The van der Waals surface area contributed by atoms with Gasteiger partial charge in [-0.2, -0.15) is 0 Å². The Morgan fingerprint density at radius 3 is 2.38 bits per heavy atom. The molecule has 0 bridgehead atoms. The number of rotatable bonds is 7. The van der Waals surface area contributed by atoms with Crippen LogP contribution in [0.25, 0.3) is 0 Å². The van der Waals surface area contributed by atoms with Gasteiger partial charge in [-0.05, 0) is 62.1 Å². The van der Waals surface area contributed by atoms with E-state index in [1.807, 2.05) is 6.92 Å². The van der Waals surface area contributed by atoms with Gasteiger partial charge in [0.05, 0.1) is 0 Å². The molecular weight excluding hydrogens is 337 g/mol. The number of aliphatic carboxylic acids is 1. The van der Waals surface area contributed by atoms with E-state index in [2.05, 4.69) is 5.32 Å². The molecule has 0 spiro atoms. The maximum atomic E-state index is 13.7. The first kappa shape index (κ1) is 19.4. The molecule has 5 nitrogen and oxygen atoms in total. The van der Waals surface area contributed by atoms with E-state index in [1.165, 1.54) is 6.07 Å². The van der Waals surface area contributed by atoms with Gasteiger partial charge in [0, 0.05) is 11.6 Å². The first-order chi connectivity index (χ1) is 12.3. The second kappa shape index (κ2) is 8.47. The molecule has 1 amide bonds. The quantitative estimate of drug-likeness (QED) is 0.796. The minimum Gasteiger partial charge on any atom is -0.481 e. The number of carboxylic acid groups (broad SMARTS) is 1. The molecule has 2 rings (SSSR count). The van der Waals surface area contributed by atoms with Crippen molar-refractivity contribution in [1.29, 1.82) is 0 Å². The first-order valence-electron chi connectivity index (χ1n) is 8.28. The van der Waals surface area contributed by atoms with Crippen molar-refractivity contribution in [1.82, 2.24) is 5.32 Å². The summed E-state index contributed by atoms with van der Waals surface area (Å²) < 4.78 is 19.0. The fraction of sp³-hybridized carbons (Fsp3) is 0.300. The Labute approximate surface area is 151 Å². The Bertz CT molecular complexity index is 796. The summed E-state index contributed by atoms with van der Waals surface area (Å²) in [4.78, 5) is 23.1. The molecule has 2 N–H and O–H groups in total. The highest BCUT2D eigenvalue weighted by molar-refractivity contribution is 5.95.